The largest absolute Gasteiger partial charge is 0.353 e. The van der Waals surface area contributed by atoms with Gasteiger partial charge >= 0.3 is 0 Å². The fourth-order valence-electron chi connectivity index (χ4n) is 3.49. The molecule has 3 rings (SSSR count). The molecule has 1 aliphatic heterocycles. The molecule has 0 saturated carbocycles. The van der Waals surface area contributed by atoms with Crippen LogP contribution in [-0.4, -0.2) is 57.3 Å². The summed E-state index contributed by atoms with van der Waals surface area (Å²) in [7, 11) is -1.75. The Labute approximate surface area is 177 Å². The molecule has 0 amide bonds. The van der Waals surface area contributed by atoms with Gasteiger partial charge in [-0.05, 0) is 37.1 Å². The van der Waals surface area contributed by atoms with Crippen LogP contribution in [0, 0.1) is 5.82 Å². The summed E-state index contributed by atoms with van der Waals surface area (Å²) in [4.78, 5) is 10.6. The minimum Gasteiger partial charge on any atom is -0.353 e. The minimum atomic E-state index is -3.41. The van der Waals surface area contributed by atoms with Crippen molar-refractivity contribution in [2.45, 2.75) is 36.7 Å². The maximum absolute atomic E-state index is 14.0. The number of aliphatic imine (C=N–C) groups is 1. The zero-order chi connectivity index (χ0) is 21.6. The van der Waals surface area contributed by atoms with Crippen LogP contribution >= 0.6 is 0 Å². The Morgan fingerprint density at radius 1 is 1.30 bits per heavy atom. The van der Waals surface area contributed by atoms with Crippen LogP contribution in [0.2, 0.25) is 0 Å². The Morgan fingerprint density at radius 2 is 2.07 bits per heavy atom. The molecule has 9 heteroatoms. The number of benzene rings is 1. The fourth-order valence-corrected chi connectivity index (χ4v) is 5.10. The van der Waals surface area contributed by atoms with Crippen LogP contribution in [0.25, 0.3) is 0 Å². The SMILES string of the molecule is CCC(CS(=O)(=O)c1ccccc1)NC(=NC)NC1CCN(c2ncccc2F)C1. The summed E-state index contributed by atoms with van der Waals surface area (Å²) in [6.45, 7) is 3.21. The standard InChI is InChI=1S/C21H28FN5O2S/c1-3-16(15-30(28,29)18-8-5-4-6-9-18)25-21(23-2)26-17-11-13-27(14-17)20-19(22)10-7-12-24-20/h4-10,12,16-17H,3,11,13-15H2,1-2H3,(H2,23,25,26). The number of aromatic nitrogens is 1. The lowest BCUT2D eigenvalue weighted by Gasteiger charge is -2.23. The highest BCUT2D eigenvalue weighted by atomic mass is 32.2. The minimum absolute atomic E-state index is 0.0237. The molecule has 0 radical (unpaired) electrons. The van der Waals surface area contributed by atoms with Gasteiger partial charge < -0.3 is 15.5 Å². The number of sulfone groups is 1. The quantitative estimate of drug-likeness (QED) is 0.514. The predicted octanol–water partition coefficient (Wildman–Crippen LogP) is 2.22. The Bertz CT molecular complexity index is 968. The number of nitrogens with one attached hydrogen (secondary N) is 2. The van der Waals surface area contributed by atoms with Gasteiger partial charge in [0.2, 0.25) is 0 Å². The molecule has 162 valence electrons. The van der Waals surface area contributed by atoms with E-state index in [1.807, 2.05) is 11.8 Å². The van der Waals surface area contributed by atoms with E-state index in [9.17, 15) is 12.8 Å². The van der Waals surface area contributed by atoms with E-state index in [1.54, 1.807) is 49.6 Å². The first-order valence-corrected chi connectivity index (χ1v) is 11.7. The smallest absolute Gasteiger partial charge is 0.191 e. The topological polar surface area (TPSA) is 86.7 Å². The van der Waals surface area contributed by atoms with Crippen LogP contribution in [0.5, 0.6) is 0 Å². The molecule has 30 heavy (non-hydrogen) atoms. The van der Waals surface area contributed by atoms with Crippen LogP contribution in [0.1, 0.15) is 19.8 Å². The molecule has 2 heterocycles. The van der Waals surface area contributed by atoms with Crippen molar-refractivity contribution in [3.63, 3.8) is 0 Å². The zero-order valence-corrected chi connectivity index (χ0v) is 18.1. The van der Waals surface area contributed by atoms with E-state index >= 15 is 0 Å². The first-order chi connectivity index (χ1) is 14.4. The van der Waals surface area contributed by atoms with Crippen molar-refractivity contribution in [3.8, 4) is 0 Å². The van der Waals surface area contributed by atoms with Crippen molar-refractivity contribution < 1.29 is 12.8 Å². The summed E-state index contributed by atoms with van der Waals surface area (Å²) in [5.74, 6) is 0.533. The second kappa shape index (κ2) is 9.88. The monoisotopic (exact) mass is 433 g/mol. The Hall–Kier alpha value is -2.68. The van der Waals surface area contributed by atoms with Gasteiger partial charge in [0.15, 0.2) is 27.4 Å². The lowest BCUT2D eigenvalue weighted by atomic mass is 10.2. The number of hydrogen-bond donors (Lipinski definition) is 2. The van der Waals surface area contributed by atoms with Crippen molar-refractivity contribution >= 4 is 21.6 Å². The predicted molar refractivity (Wildman–Crippen MR) is 117 cm³/mol. The van der Waals surface area contributed by atoms with E-state index in [0.717, 1.165) is 6.42 Å². The van der Waals surface area contributed by atoms with Gasteiger partial charge in [0, 0.05) is 38.4 Å². The first kappa shape index (κ1) is 22.0. The number of pyridine rings is 1. The highest BCUT2D eigenvalue weighted by Crippen LogP contribution is 2.20. The van der Waals surface area contributed by atoms with Gasteiger partial charge in [-0.15, -0.1) is 0 Å². The average Bonchev–Trinajstić information content (AvgIpc) is 3.21. The fraction of sp³-hybridized carbons (Fsp3) is 0.429. The van der Waals surface area contributed by atoms with Crippen LogP contribution in [0.15, 0.2) is 58.5 Å². The van der Waals surface area contributed by atoms with Crippen molar-refractivity contribution in [3.05, 3.63) is 54.5 Å². The van der Waals surface area contributed by atoms with E-state index in [1.165, 1.54) is 6.07 Å². The summed E-state index contributed by atoms with van der Waals surface area (Å²) < 4.78 is 39.4. The number of halogens is 1. The van der Waals surface area contributed by atoms with E-state index in [2.05, 4.69) is 20.6 Å². The molecule has 0 aliphatic carbocycles. The molecule has 1 fully saturated rings. The zero-order valence-electron chi connectivity index (χ0n) is 17.3. The molecule has 1 aromatic heterocycles. The summed E-state index contributed by atoms with van der Waals surface area (Å²) in [5.41, 5.74) is 0. The maximum Gasteiger partial charge on any atom is 0.191 e. The van der Waals surface area contributed by atoms with Gasteiger partial charge in [0.25, 0.3) is 0 Å². The van der Waals surface area contributed by atoms with Crippen LogP contribution in [0.3, 0.4) is 0 Å². The molecule has 1 aromatic carbocycles. The normalized spacial score (nSPS) is 18.3. The van der Waals surface area contributed by atoms with Crippen molar-refractivity contribution in [1.82, 2.24) is 15.6 Å². The number of guanidine groups is 1. The van der Waals surface area contributed by atoms with Crippen LogP contribution < -0.4 is 15.5 Å². The Morgan fingerprint density at radius 3 is 2.73 bits per heavy atom. The molecule has 1 saturated heterocycles. The third-order valence-electron chi connectivity index (χ3n) is 5.15. The molecule has 2 aromatic rings. The summed E-state index contributed by atoms with van der Waals surface area (Å²) in [5, 5.41) is 6.55. The summed E-state index contributed by atoms with van der Waals surface area (Å²) in [6, 6.07) is 11.2. The highest BCUT2D eigenvalue weighted by molar-refractivity contribution is 7.91. The van der Waals surface area contributed by atoms with E-state index in [-0.39, 0.29) is 23.7 Å². The maximum atomic E-state index is 14.0. The van der Waals surface area contributed by atoms with Gasteiger partial charge in [-0.1, -0.05) is 25.1 Å². The molecular formula is C21H28FN5O2S. The van der Waals surface area contributed by atoms with Crippen molar-refractivity contribution in [2.24, 2.45) is 4.99 Å². The molecule has 2 unspecified atom stereocenters. The van der Waals surface area contributed by atoms with Crippen molar-refractivity contribution in [1.29, 1.82) is 0 Å². The highest BCUT2D eigenvalue weighted by Gasteiger charge is 2.27. The number of rotatable bonds is 7. The Balaban J connectivity index is 1.59. The molecule has 1 aliphatic rings. The second-order valence-corrected chi connectivity index (χ2v) is 9.34. The average molecular weight is 434 g/mol. The lowest BCUT2D eigenvalue weighted by molar-refractivity contribution is 0.562. The first-order valence-electron chi connectivity index (χ1n) is 10.1. The molecule has 7 nitrogen and oxygen atoms in total. The number of nitrogens with zero attached hydrogens (tertiary/aromatic N) is 3. The van der Waals surface area contributed by atoms with Gasteiger partial charge in [-0.2, -0.15) is 0 Å². The van der Waals surface area contributed by atoms with Gasteiger partial charge in [-0.3, -0.25) is 4.99 Å². The Kier molecular flexibility index (Phi) is 7.25. The van der Waals surface area contributed by atoms with Gasteiger partial charge in [0.05, 0.1) is 10.6 Å². The van der Waals surface area contributed by atoms with Gasteiger partial charge in [0.1, 0.15) is 0 Å². The third kappa shape index (κ3) is 5.47. The molecule has 0 bridgehead atoms. The summed E-state index contributed by atoms with van der Waals surface area (Å²) in [6.07, 6.45) is 3.01. The molecular weight excluding hydrogens is 405 g/mol. The molecule has 2 atom stereocenters. The third-order valence-corrected chi connectivity index (χ3v) is 6.98. The van der Waals surface area contributed by atoms with E-state index < -0.39 is 9.84 Å². The van der Waals surface area contributed by atoms with Crippen LogP contribution in [-0.2, 0) is 9.84 Å². The second-order valence-electron chi connectivity index (χ2n) is 7.30. The van der Waals surface area contributed by atoms with Crippen molar-refractivity contribution in [2.75, 3.05) is 30.8 Å². The summed E-state index contributed by atoms with van der Waals surface area (Å²) >= 11 is 0. The molecule has 2 N–H and O–H groups in total. The lowest BCUT2D eigenvalue weighted by Crippen LogP contribution is -2.49. The number of hydrogen-bond acceptors (Lipinski definition) is 5. The van der Waals surface area contributed by atoms with E-state index in [0.29, 0.717) is 36.2 Å². The van der Waals surface area contributed by atoms with E-state index in [4.69, 9.17) is 0 Å². The molecule has 0 spiro atoms. The van der Waals surface area contributed by atoms with Gasteiger partial charge in [-0.25, -0.2) is 17.8 Å². The number of anilines is 1. The van der Waals surface area contributed by atoms with Crippen LogP contribution in [0.4, 0.5) is 10.2 Å².